The molecule has 5 nitrogen and oxygen atoms in total. The van der Waals surface area contributed by atoms with Gasteiger partial charge >= 0.3 is 0 Å². The summed E-state index contributed by atoms with van der Waals surface area (Å²) in [6.07, 6.45) is 3.48. The lowest BCUT2D eigenvalue weighted by molar-refractivity contribution is -0.115. The van der Waals surface area contributed by atoms with E-state index in [2.05, 4.69) is 22.2 Å². The number of carbonyl (C=O) groups is 1. The van der Waals surface area contributed by atoms with Gasteiger partial charge in [-0.1, -0.05) is 36.9 Å². The predicted octanol–water partition coefficient (Wildman–Crippen LogP) is 3.25. The molecule has 132 valence electrons. The van der Waals surface area contributed by atoms with E-state index in [1.165, 1.54) is 11.8 Å². The maximum Gasteiger partial charge on any atom is 0.254 e. The first-order valence-electron chi connectivity index (χ1n) is 8.67. The van der Waals surface area contributed by atoms with Crippen molar-refractivity contribution >= 4 is 23.4 Å². The largest absolute Gasteiger partial charge is 0.325 e. The minimum atomic E-state index is -0.355. The molecule has 6 heteroatoms. The van der Waals surface area contributed by atoms with E-state index in [1.54, 1.807) is 0 Å². The normalized spacial score (nSPS) is 14.2. The number of aromatic amines is 1. The van der Waals surface area contributed by atoms with E-state index in [-0.39, 0.29) is 16.7 Å². The Kier molecular flexibility index (Phi) is 5.27. The number of carbonyl (C=O) groups excluding carboxylic acids is 1. The van der Waals surface area contributed by atoms with Gasteiger partial charge in [0.1, 0.15) is 0 Å². The molecule has 1 aliphatic carbocycles. The number of hydrogen-bond acceptors (Lipinski definition) is 4. The van der Waals surface area contributed by atoms with E-state index >= 15 is 0 Å². The molecule has 1 aliphatic rings. The quantitative estimate of drug-likeness (QED) is 0.636. The summed E-state index contributed by atoms with van der Waals surface area (Å²) in [6.45, 7) is 5.89. The number of rotatable bonds is 5. The van der Waals surface area contributed by atoms with Gasteiger partial charge in [-0.05, 0) is 50.7 Å². The highest BCUT2D eigenvalue weighted by molar-refractivity contribution is 8.00. The Bertz CT molecular complexity index is 860. The van der Waals surface area contributed by atoms with Crippen LogP contribution in [0.2, 0.25) is 0 Å². The first-order valence-corrected chi connectivity index (χ1v) is 9.55. The van der Waals surface area contributed by atoms with Gasteiger partial charge in [0.25, 0.3) is 5.56 Å². The molecular weight excluding hydrogens is 334 g/mol. The molecule has 1 aromatic heterocycles. The summed E-state index contributed by atoms with van der Waals surface area (Å²) in [7, 11) is 0. The summed E-state index contributed by atoms with van der Waals surface area (Å²) in [4.78, 5) is 32.0. The smallest absolute Gasteiger partial charge is 0.254 e. The molecule has 0 saturated carbocycles. The second-order valence-corrected chi connectivity index (χ2v) is 7.69. The molecule has 1 aromatic carbocycles. The fraction of sp³-hybridized carbons (Fsp3) is 0.421. The Morgan fingerprint density at radius 1 is 1.40 bits per heavy atom. The Morgan fingerprint density at radius 3 is 2.96 bits per heavy atom. The number of H-pyrrole nitrogens is 1. The Labute approximate surface area is 151 Å². The Hall–Kier alpha value is -2.08. The van der Waals surface area contributed by atoms with Gasteiger partial charge in [-0.25, -0.2) is 4.98 Å². The molecule has 0 aliphatic heterocycles. The van der Waals surface area contributed by atoms with Crippen molar-refractivity contribution in [2.45, 2.75) is 56.9 Å². The van der Waals surface area contributed by atoms with Crippen LogP contribution in [0.5, 0.6) is 0 Å². The number of para-hydroxylation sites is 1. The molecule has 1 atom stereocenters. The maximum atomic E-state index is 12.6. The average Bonchev–Trinajstić information content (AvgIpc) is 3.05. The van der Waals surface area contributed by atoms with Crippen LogP contribution in [-0.2, 0) is 24.1 Å². The third kappa shape index (κ3) is 3.79. The van der Waals surface area contributed by atoms with E-state index in [1.807, 2.05) is 32.0 Å². The number of anilines is 1. The van der Waals surface area contributed by atoms with Crippen LogP contribution in [-0.4, -0.2) is 21.1 Å². The van der Waals surface area contributed by atoms with Crippen molar-refractivity contribution in [3.8, 4) is 0 Å². The van der Waals surface area contributed by atoms with Crippen molar-refractivity contribution < 1.29 is 4.79 Å². The number of amides is 1. The zero-order valence-electron chi connectivity index (χ0n) is 14.8. The third-order valence-electron chi connectivity index (χ3n) is 4.57. The van der Waals surface area contributed by atoms with Gasteiger partial charge in [-0.3, -0.25) is 9.59 Å². The third-order valence-corrected chi connectivity index (χ3v) is 5.55. The molecule has 0 bridgehead atoms. The second kappa shape index (κ2) is 7.44. The molecule has 0 unspecified atom stereocenters. The van der Waals surface area contributed by atoms with Gasteiger partial charge in [0.15, 0.2) is 5.16 Å². The Balaban J connectivity index is 1.74. The summed E-state index contributed by atoms with van der Waals surface area (Å²) in [5, 5.41) is 3.20. The van der Waals surface area contributed by atoms with Crippen LogP contribution in [0.25, 0.3) is 0 Å². The van der Waals surface area contributed by atoms with Crippen molar-refractivity contribution in [3.63, 3.8) is 0 Å². The van der Waals surface area contributed by atoms with Crippen LogP contribution >= 0.6 is 11.8 Å². The summed E-state index contributed by atoms with van der Waals surface area (Å²) in [5.74, 6) is -0.0860. The van der Waals surface area contributed by atoms with Crippen molar-refractivity contribution in [1.29, 1.82) is 0 Å². The van der Waals surface area contributed by atoms with Crippen molar-refractivity contribution in [2.24, 2.45) is 0 Å². The molecule has 1 amide bonds. The first-order chi connectivity index (χ1) is 12.0. The standard InChI is InChI=1S/C19H23N3O2S/c1-4-13-8-5-7-11(2)16(13)21-17(23)12(3)25-19-20-15-10-6-9-14(15)18(24)22-19/h5,7-8,12H,4,6,9-10H2,1-3H3,(H,21,23)(H,20,22,24)/t12-/m0/s1. The molecule has 1 heterocycles. The van der Waals surface area contributed by atoms with E-state index in [0.29, 0.717) is 5.16 Å². The SMILES string of the molecule is CCc1cccc(C)c1NC(=O)[C@H](C)Sc1nc2c(c(=O)[nH]1)CCC2. The number of fused-ring (bicyclic) bond motifs is 1. The number of nitrogens with one attached hydrogen (secondary N) is 2. The number of thioether (sulfide) groups is 1. The number of aromatic nitrogens is 2. The van der Waals surface area contributed by atoms with Crippen molar-refractivity contribution in [1.82, 2.24) is 9.97 Å². The highest BCUT2D eigenvalue weighted by Crippen LogP contribution is 2.25. The van der Waals surface area contributed by atoms with Crippen molar-refractivity contribution in [3.05, 3.63) is 50.9 Å². The number of benzene rings is 1. The average molecular weight is 357 g/mol. The van der Waals surface area contributed by atoms with Crippen molar-refractivity contribution in [2.75, 3.05) is 5.32 Å². The maximum absolute atomic E-state index is 12.6. The summed E-state index contributed by atoms with van der Waals surface area (Å²) in [5.41, 5.74) is 4.67. The fourth-order valence-electron chi connectivity index (χ4n) is 3.12. The fourth-order valence-corrected chi connectivity index (χ4v) is 3.94. The highest BCUT2D eigenvalue weighted by Gasteiger charge is 2.21. The monoisotopic (exact) mass is 357 g/mol. The molecule has 0 fully saturated rings. The second-order valence-electron chi connectivity index (χ2n) is 6.36. The van der Waals surface area contributed by atoms with Crippen LogP contribution in [0.4, 0.5) is 5.69 Å². The zero-order chi connectivity index (χ0) is 18.0. The summed E-state index contributed by atoms with van der Waals surface area (Å²) < 4.78 is 0. The minimum Gasteiger partial charge on any atom is -0.325 e. The molecule has 0 spiro atoms. The van der Waals surface area contributed by atoms with E-state index in [4.69, 9.17) is 0 Å². The topological polar surface area (TPSA) is 74.8 Å². The van der Waals surface area contributed by atoms with Gasteiger partial charge < -0.3 is 10.3 Å². The van der Waals surface area contributed by atoms with Crippen LogP contribution in [0, 0.1) is 6.92 Å². The highest BCUT2D eigenvalue weighted by atomic mass is 32.2. The molecule has 0 saturated heterocycles. The summed E-state index contributed by atoms with van der Waals surface area (Å²) in [6, 6.07) is 6.02. The van der Waals surface area contributed by atoms with Gasteiger partial charge in [0.05, 0.1) is 10.9 Å². The van der Waals surface area contributed by atoms with Crippen LogP contribution in [0.3, 0.4) is 0 Å². The van der Waals surface area contributed by atoms with Crippen LogP contribution < -0.4 is 10.9 Å². The van der Waals surface area contributed by atoms with Gasteiger partial charge in [0, 0.05) is 11.3 Å². The lowest BCUT2D eigenvalue weighted by Crippen LogP contribution is -2.24. The minimum absolute atomic E-state index is 0.0650. The lowest BCUT2D eigenvalue weighted by atomic mass is 10.1. The van der Waals surface area contributed by atoms with Gasteiger partial charge in [0.2, 0.25) is 5.91 Å². The number of hydrogen-bond donors (Lipinski definition) is 2. The van der Waals surface area contributed by atoms with E-state index in [0.717, 1.165) is 53.8 Å². The number of aryl methyl sites for hydroxylation is 3. The Morgan fingerprint density at radius 2 is 2.20 bits per heavy atom. The first kappa shape index (κ1) is 17.7. The summed E-state index contributed by atoms with van der Waals surface area (Å²) >= 11 is 1.29. The number of nitrogens with zero attached hydrogens (tertiary/aromatic N) is 1. The molecule has 2 aromatic rings. The zero-order valence-corrected chi connectivity index (χ0v) is 15.6. The molecule has 3 rings (SSSR count). The molecule has 2 N–H and O–H groups in total. The van der Waals surface area contributed by atoms with Gasteiger partial charge in [-0.15, -0.1) is 0 Å². The lowest BCUT2D eigenvalue weighted by Gasteiger charge is -2.16. The molecule has 0 radical (unpaired) electrons. The van der Waals surface area contributed by atoms with Crippen LogP contribution in [0.1, 0.15) is 42.7 Å². The van der Waals surface area contributed by atoms with E-state index < -0.39 is 0 Å². The van der Waals surface area contributed by atoms with Crippen LogP contribution in [0.15, 0.2) is 28.2 Å². The molecule has 25 heavy (non-hydrogen) atoms. The predicted molar refractivity (Wildman–Crippen MR) is 101 cm³/mol. The van der Waals surface area contributed by atoms with E-state index in [9.17, 15) is 9.59 Å². The van der Waals surface area contributed by atoms with Gasteiger partial charge in [-0.2, -0.15) is 0 Å². The molecular formula is C19H23N3O2S.